The molecule has 1 aliphatic heterocycles. The van der Waals surface area contributed by atoms with Crippen LogP contribution in [0.15, 0.2) is 35.7 Å². The summed E-state index contributed by atoms with van der Waals surface area (Å²) < 4.78 is 0. The van der Waals surface area contributed by atoms with Crippen molar-refractivity contribution >= 4 is 40.9 Å². The molecule has 1 fully saturated rings. The van der Waals surface area contributed by atoms with Gasteiger partial charge in [-0.15, -0.1) is 11.3 Å². The Morgan fingerprint density at radius 3 is 2.48 bits per heavy atom. The Hall–Kier alpha value is -3.80. The summed E-state index contributed by atoms with van der Waals surface area (Å²) in [5.41, 5.74) is 1.14. The van der Waals surface area contributed by atoms with Crippen LogP contribution >= 0.6 is 11.3 Å². The molecule has 3 rings (SSSR count). The zero-order valence-electron chi connectivity index (χ0n) is 25.0. The molecule has 1 aliphatic rings. The van der Waals surface area contributed by atoms with Gasteiger partial charge in [-0.05, 0) is 37.7 Å². The monoisotopic (exact) mass is 598 g/mol. The van der Waals surface area contributed by atoms with Crippen LogP contribution in [0.25, 0.3) is 0 Å². The highest BCUT2D eigenvalue weighted by Gasteiger charge is 2.34. The van der Waals surface area contributed by atoms with Crippen LogP contribution < -0.4 is 16.0 Å². The number of carbonyl (C=O) groups is 5. The average Bonchev–Trinajstić information content (AvgIpc) is 3.43. The molecule has 5 amide bonds. The SMILES string of the molecule is CCCc1nc(C(=O)N2CCCNC(=O)[C@H](Cc3ccccc3)NC(=O)CN(C)C(=O)[C@H](C(C)C)NC(=O)[C@H]2C)cs1. The van der Waals surface area contributed by atoms with Gasteiger partial charge in [0.2, 0.25) is 23.6 Å². The second-order valence-corrected chi connectivity index (χ2v) is 11.9. The number of aryl methyl sites for hydroxylation is 1. The number of aromatic nitrogens is 1. The third-order valence-electron chi connectivity index (χ3n) is 7.14. The zero-order valence-corrected chi connectivity index (χ0v) is 25.8. The fourth-order valence-corrected chi connectivity index (χ4v) is 5.57. The fraction of sp³-hybridized carbons (Fsp3) is 0.533. The first-order valence-corrected chi connectivity index (χ1v) is 15.3. The van der Waals surface area contributed by atoms with Crippen LogP contribution in [0.4, 0.5) is 0 Å². The lowest BCUT2D eigenvalue weighted by atomic mass is 10.0. The van der Waals surface area contributed by atoms with Crippen LogP contribution in [0.3, 0.4) is 0 Å². The van der Waals surface area contributed by atoms with Gasteiger partial charge in [0.25, 0.3) is 5.91 Å². The number of amides is 5. The highest BCUT2D eigenvalue weighted by molar-refractivity contribution is 7.09. The summed E-state index contributed by atoms with van der Waals surface area (Å²) >= 11 is 1.41. The molecule has 2 aromatic rings. The molecule has 3 N–H and O–H groups in total. The number of thiazole rings is 1. The summed E-state index contributed by atoms with van der Waals surface area (Å²) in [6.07, 6.45) is 2.29. The minimum Gasteiger partial charge on any atom is -0.354 e. The lowest BCUT2D eigenvalue weighted by Crippen LogP contribution is -2.57. The third kappa shape index (κ3) is 8.85. The van der Waals surface area contributed by atoms with Crippen molar-refractivity contribution in [2.75, 3.05) is 26.7 Å². The molecule has 0 aliphatic carbocycles. The minimum absolute atomic E-state index is 0.171. The molecule has 42 heavy (non-hydrogen) atoms. The van der Waals surface area contributed by atoms with Crippen molar-refractivity contribution in [2.24, 2.45) is 5.92 Å². The highest BCUT2D eigenvalue weighted by atomic mass is 32.1. The molecule has 0 saturated carbocycles. The number of nitrogens with one attached hydrogen (secondary N) is 3. The molecule has 11 nitrogen and oxygen atoms in total. The number of benzene rings is 1. The van der Waals surface area contributed by atoms with Gasteiger partial charge in [-0.3, -0.25) is 24.0 Å². The lowest BCUT2D eigenvalue weighted by Gasteiger charge is -2.32. The van der Waals surface area contributed by atoms with E-state index in [1.165, 1.54) is 28.2 Å². The predicted molar refractivity (Wildman–Crippen MR) is 161 cm³/mol. The molecule has 1 aromatic heterocycles. The Labute approximate surface area is 251 Å². The molecule has 12 heteroatoms. The van der Waals surface area contributed by atoms with E-state index in [0.717, 1.165) is 23.4 Å². The normalized spacial score (nSPS) is 21.6. The van der Waals surface area contributed by atoms with Crippen LogP contribution in [0.5, 0.6) is 0 Å². The van der Waals surface area contributed by atoms with Gasteiger partial charge in [0.15, 0.2) is 0 Å². The molecule has 1 aromatic carbocycles. The second-order valence-electron chi connectivity index (χ2n) is 10.9. The predicted octanol–water partition coefficient (Wildman–Crippen LogP) is 1.77. The van der Waals surface area contributed by atoms with Crippen molar-refractivity contribution in [1.82, 2.24) is 30.7 Å². The van der Waals surface area contributed by atoms with Gasteiger partial charge in [0, 0.05) is 31.9 Å². The van der Waals surface area contributed by atoms with Gasteiger partial charge in [-0.1, -0.05) is 51.1 Å². The summed E-state index contributed by atoms with van der Waals surface area (Å²) in [6.45, 7) is 7.35. The largest absolute Gasteiger partial charge is 0.354 e. The maximum Gasteiger partial charge on any atom is 0.274 e. The molecule has 228 valence electrons. The highest BCUT2D eigenvalue weighted by Crippen LogP contribution is 2.16. The number of hydrogen-bond donors (Lipinski definition) is 3. The third-order valence-corrected chi connectivity index (χ3v) is 8.05. The van der Waals surface area contributed by atoms with E-state index < -0.39 is 35.8 Å². The first-order chi connectivity index (χ1) is 20.0. The minimum atomic E-state index is -0.915. The summed E-state index contributed by atoms with van der Waals surface area (Å²) in [5.74, 6) is -2.47. The molecule has 0 unspecified atom stereocenters. The van der Waals surface area contributed by atoms with Gasteiger partial charge < -0.3 is 25.8 Å². The van der Waals surface area contributed by atoms with Gasteiger partial charge in [-0.2, -0.15) is 0 Å². The smallest absolute Gasteiger partial charge is 0.274 e. The Morgan fingerprint density at radius 1 is 1.10 bits per heavy atom. The van der Waals surface area contributed by atoms with E-state index in [4.69, 9.17) is 0 Å². The molecule has 1 saturated heterocycles. The van der Waals surface area contributed by atoms with Crippen molar-refractivity contribution in [3.63, 3.8) is 0 Å². The van der Waals surface area contributed by atoms with E-state index in [1.54, 1.807) is 26.2 Å². The quantitative estimate of drug-likeness (QED) is 0.463. The standard InChI is InChI=1S/C30H42N6O5S/c1-6-11-25-33-23(18-42-25)29(40)36-15-10-14-31-28(39)22(16-21-12-8-7-9-13-21)32-24(37)17-35(5)30(41)26(19(2)3)34-27(38)20(36)4/h7-9,12-13,18-20,22,26H,6,10-11,14-17H2,1-5H3,(H,31,39)(H,32,37)(H,34,38)/t20-,22+,26+/m1/s1. The molecular weight excluding hydrogens is 556 g/mol. The number of nitrogens with zero attached hydrogens (tertiary/aromatic N) is 3. The number of hydrogen-bond acceptors (Lipinski definition) is 7. The maximum absolute atomic E-state index is 13.6. The van der Waals surface area contributed by atoms with E-state index in [2.05, 4.69) is 20.9 Å². The average molecular weight is 599 g/mol. The Balaban J connectivity index is 1.89. The number of rotatable bonds is 6. The van der Waals surface area contributed by atoms with Crippen LogP contribution in [0.1, 0.15) is 61.6 Å². The van der Waals surface area contributed by atoms with Crippen molar-refractivity contribution in [1.29, 1.82) is 0 Å². The second kappa shape index (κ2) is 15.4. The Bertz CT molecular complexity index is 1250. The molecular formula is C30H42N6O5S. The van der Waals surface area contributed by atoms with E-state index in [-0.39, 0.29) is 49.5 Å². The first kappa shape index (κ1) is 32.7. The molecule has 0 bridgehead atoms. The summed E-state index contributed by atoms with van der Waals surface area (Å²) in [5, 5.41) is 11.0. The van der Waals surface area contributed by atoms with Gasteiger partial charge >= 0.3 is 0 Å². The van der Waals surface area contributed by atoms with E-state index in [1.807, 2.05) is 37.3 Å². The summed E-state index contributed by atoms with van der Waals surface area (Å²) in [6, 6.07) is 6.65. The summed E-state index contributed by atoms with van der Waals surface area (Å²) in [7, 11) is 1.48. The van der Waals surface area contributed by atoms with Crippen LogP contribution in [0, 0.1) is 5.92 Å². The molecule has 3 atom stereocenters. The fourth-order valence-electron chi connectivity index (χ4n) is 4.70. The van der Waals surface area contributed by atoms with Gasteiger partial charge in [-0.25, -0.2) is 4.98 Å². The maximum atomic E-state index is 13.6. The number of carbonyl (C=O) groups excluding carboxylic acids is 5. The van der Waals surface area contributed by atoms with Crippen LogP contribution in [0.2, 0.25) is 0 Å². The molecule has 2 heterocycles. The van der Waals surface area contributed by atoms with Crippen molar-refractivity contribution in [3.8, 4) is 0 Å². The van der Waals surface area contributed by atoms with Crippen molar-refractivity contribution < 1.29 is 24.0 Å². The zero-order chi connectivity index (χ0) is 30.8. The van der Waals surface area contributed by atoms with E-state index in [9.17, 15) is 24.0 Å². The first-order valence-electron chi connectivity index (χ1n) is 14.4. The van der Waals surface area contributed by atoms with Crippen molar-refractivity contribution in [3.05, 3.63) is 52.0 Å². The lowest BCUT2D eigenvalue weighted by molar-refractivity contribution is -0.140. The Kier molecular flexibility index (Phi) is 12.0. The van der Waals surface area contributed by atoms with Gasteiger partial charge in [0.1, 0.15) is 23.8 Å². The van der Waals surface area contributed by atoms with Crippen LogP contribution in [-0.2, 0) is 32.0 Å². The topological polar surface area (TPSA) is 141 Å². The van der Waals surface area contributed by atoms with Gasteiger partial charge in [0.05, 0.1) is 11.6 Å². The van der Waals surface area contributed by atoms with E-state index >= 15 is 0 Å². The van der Waals surface area contributed by atoms with Crippen molar-refractivity contribution in [2.45, 2.75) is 71.5 Å². The van der Waals surface area contributed by atoms with E-state index in [0.29, 0.717) is 6.42 Å². The summed E-state index contributed by atoms with van der Waals surface area (Å²) in [4.78, 5) is 73.7. The Morgan fingerprint density at radius 2 is 1.81 bits per heavy atom. The van der Waals surface area contributed by atoms with Crippen LogP contribution in [-0.4, -0.2) is 89.1 Å². The molecule has 0 radical (unpaired) electrons. The molecule has 0 spiro atoms. The number of likely N-dealkylation sites (N-methyl/N-ethyl adjacent to an activating group) is 1.